The number of ether oxygens (including phenoxy) is 2. The average molecular weight is 263 g/mol. The zero-order valence-electron chi connectivity index (χ0n) is 12.3. The van der Waals surface area contributed by atoms with Crippen molar-refractivity contribution >= 4 is 0 Å². The van der Waals surface area contributed by atoms with Crippen LogP contribution in [0.15, 0.2) is 0 Å². The number of hydrogen-bond acceptors (Lipinski definition) is 6. The molecular formula is C12H29N3O3. The Balaban J connectivity index is 4.54. The summed E-state index contributed by atoms with van der Waals surface area (Å²) < 4.78 is 11.4. The Hall–Kier alpha value is -0.240. The third kappa shape index (κ3) is 7.97. The molecule has 0 aromatic rings. The van der Waals surface area contributed by atoms with E-state index in [1.165, 1.54) is 0 Å². The first-order valence-electron chi connectivity index (χ1n) is 6.51. The monoisotopic (exact) mass is 263 g/mol. The Kier molecular flexibility index (Phi) is 9.53. The van der Waals surface area contributed by atoms with E-state index in [0.29, 0.717) is 19.8 Å². The molecule has 0 aromatic heterocycles. The number of hydrazine groups is 1. The van der Waals surface area contributed by atoms with E-state index in [9.17, 15) is 0 Å². The zero-order chi connectivity index (χ0) is 14.0. The summed E-state index contributed by atoms with van der Waals surface area (Å²) in [5.41, 5.74) is 1.81. The van der Waals surface area contributed by atoms with Crippen LogP contribution in [0.25, 0.3) is 0 Å². The maximum absolute atomic E-state index is 5.70. The van der Waals surface area contributed by atoms with Gasteiger partial charge in [-0.2, -0.15) is 0 Å². The van der Waals surface area contributed by atoms with Crippen LogP contribution in [0.1, 0.15) is 34.6 Å². The van der Waals surface area contributed by atoms with Crippen LogP contribution < -0.4 is 16.7 Å². The highest BCUT2D eigenvalue weighted by Gasteiger charge is 2.31. The van der Waals surface area contributed by atoms with Gasteiger partial charge in [0.1, 0.15) is 0 Å². The minimum Gasteiger partial charge on any atom is -0.377 e. The maximum atomic E-state index is 5.70. The van der Waals surface area contributed by atoms with E-state index in [4.69, 9.17) is 20.2 Å². The van der Waals surface area contributed by atoms with Gasteiger partial charge in [-0.1, -0.05) is 6.92 Å². The Labute approximate surface area is 110 Å². The Morgan fingerprint density at radius 3 is 1.83 bits per heavy atom. The Bertz CT molecular complexity index is 189. The lowest BCUT2D eigenvalue weighted by Gasteiger charge is -2.34. The molecule has 0 saturated carbocycles. The lowest BCUT2D eigenvalue weighted by Crippen LogP contribution is -2.58. The molecule has 4 N–H and O–H groups in total. The maximum Gasteiger partial charge on any atom is 0.0925 e. The summed E-state index contributed by atoms with van der Waals surface area (Å²) in [5, 5.41) is 3.37. The van der Waals surface area contributed by atoms with Crippen LogP contribution in [0, 0.1) is 0 Å². The number of nitrogens with one attached hydrogen (secondary N) is 2. The van der Waals surface area contributed by atoms with Gasteiger partial charge < -0.3 is 14.8 Å². The molecular weight excluding hydrogens is 234 g/mol. The van der Waals surface area contributed by atoms with Gasteiger partial charge in [0.25, 0.3) is 0 Å². The minimum atomic E-state index is -0.393. The second kappa shape index (κ2) is 9.66. The highest BCUT2D eigenvalue weighted by atomic mass is 16.7. The average Bonchev–Trinajstić information content (AvgIpc) is 2.31. The van der Waals surface area contributed by atoms with Crippen LogP contribution >= 0.6 is 0 Å². The summed E-state index contributed by atoms with van der Waals surface area (Å²) in [6, 6.07) is 0. The van der Waals surface area contributed by atoms with Crippen molar-refractivity contribution < 1.29 is 14.3 Å². The van der Waals surface area contributed by atoms with Gasteiger partial charge in [0.2, 0.25) is 0 Å². The summed E-state index contributed by atoms with van der Waals surface area (Å²) in [4.78, 5) is 5.12. The van der Waals surface area contributed by atoms with Crippen molar-refractivity contribution in [1.29, 1.82) is 0 Å². The van der Waals surface area contributed by atoms with Gasteiger partial charge in [0.05, 0.1) is 37.6 Å². The van der Waals surface area contributed by atoms with E-state index < -0.39 is 5.54 Å². The molecule has 6 heteroatoms. The Morgan fingerprint density at radius 2 is 1.50 bits per heavy atom. The molecule has 0 bridgehead atoms. The molecule has 18 heavy (non-hydrogen) atoms. The van der Waals surface area contributed by atoms with Crippen molar-refractivity contribution in [3.8, 4) is 0 Å². The first-order chi connectivity index (χ1) is 8.45. The molecule has 0 aliphatic heterocycles. The Morgan fingerprint density at radius 1 is 1.00 bits per heavy atom. The number of likely N-dealkylation sites (N-methyl/N-ethyl adjacent to an activating group) is 1. The van der Waals surface area contributed by atoms with Crippen molar-refractivity contribution in [3.63, 3.8) is 0 Å². The fraction of sp³-hybridized carbons (Fsp3) is 1.00. The minimum absolute atomic E-state index is 0.160. The molecule has 0 aromatic carbocycles. The summed E-state index contributed by atoms with van der Waals surface area (Å²) in [5.74, 6) is 5.16. The quantitative estimate of drug-likeness (QED) is 0.374. The molecule has 6 nitrogen and oxygen atoms in total. The van der Waals surface area contributed by atoms with Crippen LogP contribution in [0.4, 0.5) is 0 Å². The van der Waals surface area contributed by atoms with Crippen molar-refractivity contribution in [2.24, 2.45) is 5.84 Å². The second-order valence-electron chi connectivity index (χ2n) is 4.94. The smallest absolute Gasteiger partial charge is 0.0925 e. The van der Waals surface area contributed by atoms with Crippen molar-refractivity contribution in [3.05, 3.63) is 0 Å². The second-order valence-corrected chi connectivity index (χ2v) is 4.94. The summed E-state index contributed by atoms with van der Waals surface area (Å²) in [6.45, 7) is 12.2. The predicted octanol–water partition coefficient (Wildman–Crippen LogP) is 0.580. The normalized spacial score (nSPS) is 12.7. The fourth-order valence-electron chi connectivity index (χ4n) is 1.49. The van der Waals surface area contributed by atoms with Gasteiger partial charge in [-0.05, 0) is 34.2 Å². The van der Waals surface area contributed by atoms with E-state index in [0.717, 1.165) is 6.54 Å². The summed E-state index contributed by atoms with van der Waals surface area (Å²) in [7, 11) is 0. The first-order valence-corrected chi connectivity index (χ1v) is 6.51. The van der Waals surface area contributed by atoms with Crippen LogP contribution in [0.2, 0.25) is 0 Å². The van der Waals surface area contributed by atoms with Gasteiger partial charge in [0.15, 0.2) is 0 Å². The number of hydrogen-bond donors (Lipinski definition) is 3. The van der Waals surface area contributed by atoms with Gasteiger partial charge in [-0.15, -0.1) is 5.59 Å². The summed E-state index contributed by atoms with van der Waals surface area (Å²) in [6.07, 6.45) is 0.320. The van der Waals surface area contributed by atoms with Crippen molar-refractivity contribution in [2.75, 3.05) is 26.4 Å². The van der Waals surface area contributed by atoms with E-state index >= 15 is 0 Å². The molecule has 0 spiro atoms. The molecule has 0 unspecified atom stereocenters. The van der Waals surface area contributed by atoms with E-state index in [2.05, 4.69) is 10.9 Å². The third-order valence-corrected chi connectivity index (χ3v) is 2.37. The van der Waals surface area contributed by atoms with Crippen LogP contribution in [-0.4, -0.2) is 44.1 Å². The highest BCUT2D eigenvalue weighted by molar-refractivity contribution is 4.88. The molecule has 0 atom stereocenters. The lowest BCUT2D eigenvalue weighted by molar-refractivity contribution is -0.0833. The molecule has 0 fully saturated rings. The lowest BCUT2D eigenvalue weighted by atomic mass is 10.0. The molecule has 0 radical (unpaired) electrons. The van der Waals surface area contributed by atoms with E-state index in [1.807, 2.05) is 34.6 Å². The van der Waals surface area contributed by atoms with E-state index in [1.54, 1.807) is 0 Å². The van der Waals surface area contributed by atoms with Gasteiger partial charge >= 0.3 is 0 Å². The molecule has 0 saturated heterocycles. The molecule has 0 rings (SSSR count). The number of nitrogens with two attached hydrogens (primary N) is 1. The fourth-order valence-corrected chi connectivity index (χ4v) is 1.49. The van der Waals surface area contributed by atoms with Crippen LogP contribution in [-0.2, 0) is 14.3 Å². The SMILES string of the molecule is CCNC(CONN)(COC(C)C)COC(C)C. The van der Waals surface area contributed by atoms with Gasteiger partial charge in [0, 0.05) is 0 Å². The molecule has 0 amide bonds. The van der Waals surface area contributed by atoms with Crippen LogP contribution in [0.3, 0.4) is 0 Å². The van der Waals surface area contributed by atoms with Crippen molar-refractivity contribution in [1.82, 2.24) is 10.9 Å². The molecule has 0 aliphatic rings. The van der Waals surface area contributed by atoms with E-state index in [-0.39, 0.29) is 12.2 Å². The highest BCUT2D eigenvalue weighted by Crippen LogP contribution is 2.10. The van der Waals surface area contributed by atoms with Gasteiger partial charge in [-0.25, -0.2) is 5.84 Å². The zero-order valence-corrected chi connectivity index (χ0v) is 12.3. The van der Waals surface area contributed by atoms with Gasteiger partial charge in [-0.3, -0.25) is 4.84 Å². The third-order valence-electron chi connectivity index (χ3n) is 2.37. The first kappa shape index (κ1) is 17.8. The topological polar surface area (TPSA) is 77.8 Å². The molecule has 0 heterocycles. The largest absolute Gasteiger partial charge is 0.377 e. The standard InChI is InChI=1S/C12H29N3O3/c1-6-14-12(9-18-15-13,7-16-10(2)3)8-17-11(4)5/h10-11,14-15H,6-9,13H2,1-5H3. The number of rotatable bonds is 11. The molecule has 0 aliphatic carbocycles. The molecule has 110 valence electrons. The van der Waals surface area contributed by atoms with Crippen molar-refractivity contribution in [2.45, 2.75) is 52.4 Å². The van der Waals surface area contributed by atoms with Crippen LogP contribution in [0.5, 0.6) is 0 Å². The predicted molar refractivity (Wildman–Crippen MR) is 71.9 cm³/mol. The summed E-state index contributed by atoms with van der Waals surface area (Å²) >= 11 is 0.